The van der Waals surface area contributed by atoms with Crippen molar-refractivity contribution >= 4 is 11.3 Å². The Hall–Kier alpha value is -0.860. The molecule has 0 bridgehead atoms. The van der Waals surface area contributed by atoms with Crippen LogP contribution in [0.1, 0.15) is 23.8 Å². The van der Waals surface area contributed by atoms with Crippen LogP contribution in [0.4, 0.5) is 0 Å². The predicted octanol–water partition coefficient (Wildman–Crippen LogP) is 1.62. The number of hydrogen-bond acceptors (Lipinski definition) is 4. The number of nitrogens with zero attached hydrogens (tertiary/aromatic N) is 2. The van der Waals surface area contributed by atoms with Crippen LogP contribution in [0.25, 0.3) is 0 Å². The number of thiophene rings is 1. The first-order valence-electron chi connectivity index (χ1n) is 6.94. The second-order valence-electron chi connectivity index (χ2n) is 4.74. The van der Waals surface area contributed by atoms with E-state index in [1.54, 1.807) is 11.3 Å². The van der Waals surface area contributed by atoms with E-state index in [1.165, 1.54) is 18.0 Å². The van der Waals surface area contributed by atoms with Crippen molar-refractivity contribution in [2.45, 2.75) is 19.9 Å². The third kappa shape index (κ3) is 4.32. The molecule has 4 heteroatoms. The predicted molar refractivity (Wildman–Crippen MR) is 80.3 cm³/mol. The number of piperazine rings is 1. The normalized spacial score (nSPS) is 17.2. The van der Waals surface area contributed by atoms with E-state index in [-0.39, 0.29) is 6.61 Å². The van der Waals surface area contributed by atoms with Crippen LogP contribution in [0.3, 0.4) is 0 Å². The molecule has 0 atom stereocenters. The summed E-state index contributed by atoms with van der Waals surface area (Å²) in [6.07, 6.45) is 0.560. The topological polar surface area (TPSA) is 26.7 Å². The molecule has 0 unspecified atom stereocenters. The molecule has 0 spiro atoms. The lowest BCUT2D eigenvalue weighted by molar-refractivity contribution is 0.133. The summed E-state index contributed by atoms with van der Waals surface area (Å²) in [5, 5.41) is 10.9. The summed E-state index contributed by atoms with van der Waals surface area (Å²) >= 11 is 1.79. The van der Waals surface area contributed by atoms with Gasteiger partial charge in [-0.25, -0.2) is 0 Å². The van der Waals surface area contributed by atoms with Crippen molar-refractivity contribution < 1.29 is 5.11 Å². The highest BCUT2D eigenvalue weighted by atomic mass is 32.1. The molecule has 19 heavy (non-hydrogen) atoms. The maximum atomic E-state index is 8.76. The van der Waals surface area contributed by atoms with Gasteiger partial charge in [0.1, 0.15) is 0 Å². The molecule has 1 aromatic rings. The Labute approximate surface area is 119 Å². The van der Waals surface area contributed by atoms with Crippen molar-refractivity contribution in [3.63, 3.8) is 0 Å². The summed E-state index contributed by atoms with van der Waals surface area (Å²) in [6.45, 7) is 9.18. The molecule has 2 rings (SSSR count). The van der Waals surface area contributed by atoms with Gasteiger partial charge in [-0.15, -0.1) is 11.3 Å². The monoisotopic (exact) mass is 278 g/mol. The number of hydrogen-bond donors (Lipinski definition) is 1. The number of aliphatic hydroxyl groups is 1. The minimum atomic E-state index is 0.144. The average molecular weight is 278 g/mol. The molecule has 0 radical (unpaired) electrons. The molecule has 0 amide bonds. The fraction of sp³-hybridized carbons (Fsp3) is 0.600. The fourth-order valence-electron chi connectivity index (χ4n) is 2.25. The summed E-state index contributed by atoms with van der Waals surface area (Å²) in [5.41, 5.74) is 1.14. The third-order valence-corrected chi connectivity index (χ3v) is 4.39. The van der Waals surface area contributed by atoms with Crippen molar-refractivity contribution in [1.82, 2.24) is 9.80 Å². The molecule has 0 aromatic carbocycles. The van der Waals surface area contributed by atoms with Gasteiger partial charge in [0.05, 0.1) is 6.61 Å². The zero-order chi connectivity index (χ0) is 13.5. The van der Waals surface area contributed by atoms with Gasteiger partial charge in [-0.1, -0.05) is 18.8 Å². The number of likely N-dealkylation sites (N-methyl/N-ethyl adjacent to an activating group) is 1. The molecule has 0 aliphatic carbocycles. The molecule has 1 N–H and O–H groups in total. The quantitative estimate of drug-likeness (QED) is 0.848. The Morgan fingerprint density at radius 2 is 2.00 bits per heavy atom. The Morgan fingerprint density at radius 3 is 2.68 bits per heavy atom. The molecule has 1 aliphatic rings. The molecule has 104 valence electrons. The first-order valence-corrected chi connectivity index (χ1v) is 7.82. The second-order valence-corrected chi connectivity index (χ2v) is 5.74. The van der Waals surface area contributed by atoms with Gasteiger partial charge in [-0.05, 0) is 18.0 Å². The minimum absolute atomic E-state index is 0.144. The maximum Gasteiger partial charge on any atom is 0.0540 e. The lowest BCUT2D eigenvalue weighted by Crippen LogP contribution is -2.45. The van der Waals surface area contributed by atoms with Gasteiger partial charge in [-0.3, -0.25) is 4.90 Å². The van der Waals surface area contributed by atoms with Gasteiger partial charge in [0.15, 0.2) is 0 Å². The number of aliphatic hydroxyl groups excluding tert-OH is 1. The summed E-state index contributed by atoms with van der Waals surface area (Å²) < 4.78 is 0. The van der Waals surface area contributed by atoms with Gasteiger partial charge in [0, 0.05) is 49.6 Å². The SMILES string of the molecule is CCN1CCN(Cc2sccc2C#CCCO)CC1. The molecular weight excluding hydrogens is 256 g/mol. The molecule has 2 heterocycles. The molecule has 1 fully saturated rings. The maximum absolute atomic E-state index is 8.76. The largest absolute Gasteiger partial charge is 0.395 e. The Morgan fingerprint density at radius 1 is 1.26 bits per heavy atom. The van der Waals surface area contributed by atoms with E-state index in [1.807, 2.05) is 0 Å². The average Bonchev–Trinajstić information content (AvgIpc) is 2.87. The van der Waals surface area contributed by atoms with Gasteiger partial charge in [0.2, 0.25) is 0 Å². The van der Waals surface area contributed by atoms with Crippen molar-refractivity contribution in [2.24, 2.45) is 0 Å². The molecule has 1 aliphatic heterocycles. The van der Waals surface area contributed by atoms with E-state index >= 15 is 0 Å². The fourth-order valence-corrected chi connectivity index (χ4v) is 3.13. The van der Waals surface area contributed by atoms with Crippen LogP contribution in [0.5, 0.6) is 0 Å². The first kappa shape index (κ1) is 14.5. The zero-order valence-electron chi connectivity index (χ0n) is 11.6. The second kappa shape index (κ2) is 7.66. The smallest absolute Gasteiger partial charge is 0.0540 e. The Bertz CT molecular complexity index is 438. The van der Waals surface area contributed by atoms with Crippen LogP contribution in [0, 0.1) is 11.8 Å². The van der Waals surface area contributed by atoms with Crippen molar-refractivity contribution in [1.29, 1.82) is 0 Å². The lowest BCUT2D eigenvalue weighted by atomic mass is 10.2. The first-order chi connectivity index (χ1) is 9.33. The van der Waals surface area contributed by atoms with E-state index < -0.39 is 0 Å². The van der Waals surface area contributed by atoms with Crippen molar-refractivity contribution in [3.8, 4) is 11.8 Å². The van der Waals surface area contributed by atoms with E-state index in [0.717, 1.165) is 31.7 Å². The summed E-state index contributed by atoms with van der Waals surface area (Å²) in [6, 6.07) is 2.09. The molecule has 0 saturated carbocycles. The van der Waals surface area contributed by atoms with Crippen molar-refractivity contribution in [2.75, 3.05) is 39.3 Å². The van der Waals surface area contributed by atoms with Crippen LogP contribution in [0.2, 0.25) is 0 Å². The summed E-state index contributed by atoms with van der Waals surface area (Å²) in [5.74, 6) is 6.18. The van der Waals surface area contributed by atoms with Gasteiger partial charge >= 0.3 is 0 Å². The number of rotatable bonds is 4. The van der Waals surface area contributed by atoms with E-state index in [4.69, 9.17) is 5.11 Å². The Kier molecular flexibility index (Phi) is 5.87. The zero-order valence-corrected chi connectivity index (χ0v) is 12.4. The molecule has 3 nitrogen and oxygen atoms in total. The lowest BCUT2D eigenvalue weighted by Gasteiger charge is -2.33. The minimum Gasteiger partial charge on any atom is -0.395 e. The Balaban J connectivity index is 1.90. The van der Waals surface area contributed by atoms with Crippen LogP contribution < -0.4 is 0 Å². The van der Waals surface area contributed by atoms with Gasteiger partial charge < -0.3 is 10.0 Å². The standard InChI is InChI=1S/C15H22N2OS/c1-2-16-7-9-17(10-8-16)13-15-14(6-12-19-15)5-3-4-11-18/h6,12,18H,2,4,7-11,13H2,1H3. The van der Waals surface area contributed by atoms with Crippen molar-refractivity contribution in [3.05, 3.63) is 21.9 Å². The highest BCUT2D eigenvalue weighted by Crippen LogP contribution is 2.19. The van der Waals surface area contributed by atoms with Gasteiger partial charge in [-0.2, -0.15) is 0 Å². The molecular formula is C15H22N2OS. The molecule has 1 aromatic heterocycles. The highest BCUT2D eigenvalue weighted by Gasteiger charge is 2.16. The van der Waals surface area contributed by atoms with Gasteiger partial charge in [0.25, 0.3) is 0 Å². The van der Waals surface area contributed by atoms with Crippen LogP contribution in [-0.4, -0.2) is 54.2 Å². The molecule has 1 saturated heterocycles. The van der Waals surface area contributed by atoms with E-state index in [0.29, 0.717) is 6.42 Å². The summed E-state index contributed by atoms with van der Waals surface area (Å²) in [7, 11) is 0. The third-order valence-electron chi connectivity index (χ3n) is 3.48. The van der Waals surface area contributed by atoms with Crippen LogP contribution in [-0.2, 0) is 6.54 Å². The van der Waals surface area contributed by atoms with Crippen LogP contribution in [0.15, 0.2) is 11.4 Å². The highest BCUT2D eigenvalue weighted by molar-refractivity contribution is 7.10. The van der Waals surface area contributed by atoms with E-state index in [9.17, 15) is 0 Å². The van der Waals surface area contributed by atoms with E-state index in [2.05, 4.69) is 40.0 Å². The summed E-state index contributed by atoms with van der Waals surface area (Å²) in [4.78, 5) is 6.36. The van der Waals surface area contributed by atoms with Crippen LogP contribution >= 0.6 is 11.3 Å².